The average Bonchev–Trinajstić information content (AvgIpc) is 2.54. The summed E-state index contributed by atoms with van der Waals surface area (Å²) in [5.41, 5.74) is 5.73. The molecule has 128 valence electrons. The van der Waals surface area contributed by atoms with E-state index < -0.39 is 6.04 Å². The van der Waals surface area contributed by atoms with Crippen LogP contribution in [-0.4, -0.2) is 66.1 Å². The summed E-state index contributed by atoms with van der Waals surface area (Å²) in [5, 5.41) is 2.94. The first-order chi connectivity index (χ1) is 10.9. The molecule has 1 fully saturated rings. The van der Waals surface area contributed by atoms with Crippen molar-refractivity contribution in [3.8, 4) is 0 Å². The summed E-state index contributed by atoms with van der Waals surface area (Å²) >= 11 is 0. The molecule has 0 bridgehead atoms. The van der Waals surface area contributed by atoms with Gasteiger partial charge in [0, 0.05) is 51.7 Å². The Morgan fingerprint density at radius 3 is 2.43 bits per heavy atom. The molecule has 1 aliphatic rings. The highest BCUT2D eigenvalue weighted by Gasteiger charge is 2.27. The summed E-state index contributed by atoms with van der Waals surface area (Å²) in [7, 11) is 0. The average molecular weight is 320 g/mol. The van der Waals surface area contributed by atoms with Crippen LogP contribution in [0.2, 0.25) is 0 Å². The first-order valence-electron chi connectivity index (χ1n) is 8.15. The summed E-state index contributed by atoms with van der Waals surface area (Å²) in [6, 6.07) is 1.35. The third kappa shape index (κ3) is 5.14. The zero-order valence-electron chi connectivity index (χ0n) is 14.3. The minimum Gasteiger partial charge on any atom is -0.353 e. The van der Waals surface area contributed by atoms with Crippen LogP contribution < -0.4 is 16.0 Å². The van der Waals surface area contributed by atoms with Gasteiger partial charge >= 0.3 is 0 Å². The monoisotopic (exact) mass is 320 g/mol. The van der Waals surface area contributed by atoms with Gasteiger partial charge in [-0.2, -0.15) is 0 Å². The Bertz CT molecular complexity index is 493. The molecule has 23 heavy (non-hydrogen) atoms. The number of carbonyl (C=O) groups is 1. The Morgan fingerprint density at radius 2 is 1.87 bits per heavy atom. The van der Waals surface area contributed by atoms with Crippen molar-refractivity contribution in [1.82, 2.24) is 20.2 Å². The number of hydrogen-bond acceptors (Lipinski definition) is 6. The first kappa shape index (κ1) is 17.6. The quantitative estimate of drug-likeness (QED) is 0.799. The predicted octanol–water partition coefficient (Wildman–Crippen LogP) is 0.0882. The zero-order chi connectivity index (χ0) is 16.9. The number of amides is 1. The molecule has 1 amide bonds. The number of carbonyl (C=O) groups excluding carboxylic acids is 1. The lowest BCUT2D eigenvalue weighted by Crippen LogP contribution is -2.52. The Hall–Kier alpha value is -1.73. The number of anilines is 1. The maximum atomic E-state index is 12.0. The Morgan fingerprint density at radius 1 is 1.26 bits per heavy atom. The number of nitrogens with one attached hydrogen (secondary N) is 1. The second-order valence-corrected chi connectivity index (χ2v) is 7.01. The molecule has 0 spiro atoms. The van der Waals surface area contributed by atoms with Crippen molar-refractivity contribution in [2.45, 2.75) is 26.8 Å². The number of rotatable bonds is 5. The fourth-order valence-corrected chi connectivity index (χ4v) is 2.47. The van der Waals surface area contributed by atoms with Crippen LogP contribution in [0.5, 0.6) is 0 Å². The summed E-state index contributed by atoms with van der Waals surface area (Å²) < 4.78 is 0. The van der Waals surface area contributed by atoms with E-state index >= 15 is 0 Å². The molecule has 1 saturated heterocycles. The molecule has 3 N–H and O–H groups in total. The van der Waals surface area contributed by atoms with Crippen molar-refractivity contribution in [2.75, 3.05) is 44.2 Å². The van der Waals surface area contributed by atoms with Gasteiger partial charge in [0.05, 0.1) is 6.04 Å². The van der Waals surface area contributed by atoms with Crippen molar-refractivity contribution in [1.29, 1.82) is 0 Å². The molecule has 0 aliphatic carbocycles. The van der Waals surface area contributed by atoms with Gasteiger partial charge in [0.25, 0.3) is 0 Å². The van der Waals surface area contributed by atoms with E-state index in [4.69, 9.17) is 5.73 Å². The minimum atomic E-state index is -0.477. The molecule has 1 aliphatic heterocycles. The largest absolute Gasteiger partial charge is 0.353 e. The number of nitrogens with two attached hydrogens (primary N) is 1. The van der Waals surface area contributed by atoms with E-state index in [0.717, 1.165) is 38.7 Å². The molecule has 7 nitrogen and oxygen atoms in total. The van der Waals surface area contributed by atoms with E-state index in [1.54, 1.807) is 12.4 Å². The summed E-state index contributed by atoms with van der Waals surface area (Å²) in [4.78, 5) is 25.1. The normalized spacial score (nSPS) is 17.8. The smallest absolute Gasteiger partial charge is 0.237 e. The van der Waals surface area contributed by atoms with Crippen LogP contribution in [0.4, 0.5) is 5.95 Å². The van der Waals surface area contributed by atoms with E-state index in [9.17, 15) is 4.79 Å². The van der Waals surface area contributed by atoms with E-state index in [2.05, 4.69) is 25.1 Å². The Balaban J connectivity index is 1.68. The second-order valence-electron chi connectivity index (χ2n) is 7.01. The predicted molar refractivity (Wildman–Crippen MR) is 91.1 cm³/mol. The van der Waals surface area contributed by atoms with Crippen LogP contribution in [0, 0.1) is 5.41 Å². The van der Waals surface area contributed by atoms with Crippen molar-refractivity contribution < 1.29 is 4.79 Å². The zero-order valence-corrected chi connectivity index (χ0v) is 14.3. The molecule has 0 aromatic carbocycles. The maximum absolute atomic E-state index is 12.0. The number of hydrogen-bond donors (Lipinski definition) is 2. The van der Waals surface area contributed by atoms with Gasteiger partial charge in [0.15, 0.2) is 0 Å². The van der Waals surface area contributed by atoms with Crippen LogP contribution >= 0.6 is 0 Å². The highest BCUT2D eigenvalue weighted by molar-refractivity contribution is 5.82. The van der Waals surface area contributed by atoms with Crippen LogP contribution in [0.1, 0.15) is 20.8 Å². The molecule has 0 unspecified atom stereocenters. The van der Waals surface area contributed by atoms with Gasteiger partial charge in [-0.3, -0.25) is 9.69 Å². The highest BCUT2D eigenvalue weighted by atomic mass is 16.2. The fourth-order valence-electron chi connectivity index (χ4n) is 2.47. The van der Waals surface area contributed by atoms with Crippen LogP contribution in [0.3, 0.4) is 0 Å². The van der Waals surface area contributed by atoms with Gasteiger partial charge in [-0.25, -0.2) is 9.97 Å². The number of aromatic nitrogens is 2. The van der Waals surface area contributed by atoms with Crippen LogP contribution in [0.25, 0.3) is 0 Å². The Labute approximate surface area is 138 Å². The minimum absolute atomic E-state index is 0.0752. The van der Waals surface area contributed by atoms with Gasteiger partial charge in [0.2, 0.25) is 11.9 Å². The molecule has 2 heterocycles. The van der Waals surface area contributed by atoms with E-state index in [-0.39, 0.29) is 11.3 Å². The number of piperazine rings is 1. The fraction of sp³-hybridized carbons (Fsp3) is 0.688. The van der Waals surface area contributed by atoms with Crippen LogP contribution in [0.15, 0.2) is 18.5 Å². The van der Waals surface area contributed by atoms with Gasteiger partial charge in [0.1, 0.15) is 0 Å². The third-order valence-electron chi connectivity index (χ3n) is 4.15. The standard InChI is InChI=1S/C16H28N6O/c1-16(2,3)13(17)14(23)18-7-8-21-9-11-22(12-10-21)15-19-5-4-6-20-15/h4-6,13H,7-12,17H2,1-3H3,(H,18,23)/t13-/m1/s1. The van der Waals surface area contributed by atoms with Crippen molar-refractivity contribution in [2.24, 2.45) is 11.1 Å². The molecule has 0 saturated carbocycles. The molecular weight excluding hydrogens is 292 g/mol. The number of nitrogens with zero attached hydrogens (tertiary/aromatic N) is 4. The van der Waals surface area contributed by atoms with Crippen molar-refractivity contribution in [3.63, 3.8) is 0 Å². The van der Waals surface area contributed by atoms with Crippen molar-refractivity contribution in [3.05, 3.63) is 18.5 Å². The SMILES string of the molecule is CC(C)(C)[C@H](N)C(=O)NCCN1CCN(c2ncccn2)CC1. The lowest BCUT2D eigenvalue weighted by molar-refractivity contribution is -0.124. The molecule has 1 aromatic heterocycles. The molecule has 1 atom stereocenters. The van der Waals surface area contributed by atoms with Crippen molar-refractivity contribution >= 4 is 11.9 Å². The van der Waals surface area contributed by atoms with Gasteiger partial charge in [-0.05, 0) is 11.5 Å². The summed E-state index contributed by atoms with van der Waals surface area (Å²) in [6.45, 7) is 11.1. The molecule has 7 heteroatoms. The van der Waals surface area contributed by atoms with Gasteiger partial charge < -0.3 is 16.0 Å². The summed E-state index contributed by atoms with van der Waals surface area (Å²) in [5.74, 6) is 0.713. The second kappa shape index (κ2) is 7.70. The molecular formula is C16H28N6O. The molecule has 0 radical (unpaired) electrons. The molecule has 1 aromatic rings. The van der Waals surface area contributed by atoms with Gasteiger partial charge in [-0.15, -0.1) is 0 Å². The third-order valence-corrected chi connectivity index (χ3v) is 4.15. The van der Waals surface area contributed by atoms with E-state index in [0.29, 0.717) is 6.54 Å². The lowest BCUT2D eigenvalue weighted by Gasteiger charge is -2.34. The van der Waals surface area contributed by atoms with Crippen LogP contribution in [-0.2, 0) is 4.79 Å². The van der Waals surface area contributed by atoms with E-state index in [1.165, 1.54) is 0 Å². The van der Waals surface area contributed by atoms with E-state index in [1.807, 2.05) is 26.8 Å². The highest BCUT2D eigenvalue weighted by Crippen LogP contribution is 2.17. The topological polar surface area (TPSA) is 87.4 Å². The van der Waals surface area contributed by atoms with Gasteiger partial charge in [-0.1, -0.05) is 20.8 Å². The Kier molecular flexibility index (Phi) is 5.90. The maximum Gasteiger partial charge on any atom is 0.237 e. The first-order valence-corrected chi connectivity index (χ1v) is 8.15. The molecule has 2 rings (SSSR count). The lowest BCUT2D eigenvalue weighted by atomic mass is 9.87. The summed E-state index contributed by atoms with van der Waals surface area (Å²) in [6.07, 6.45) is 3.53.